The summed E-state index contributed by atoms with van der Waals surface area (Å²) in [5, 5.41) is 12.9. The molecule has 1 heterocycles. The summed E-state index contributed by atoms with van der Waals surface area (Å²) >= 11 is 0. The van der Waals surface area contributed by atoms with E-state index in [9.17, 15) is 9.90 Å². The molecule has 134 valence electrons. The van der Waals surface area contributed by atoms with Crippen molar-refractivity contribution in [3.05, 3.63) is 65.2 Å². The van der Waals surface area contributed by atoms with Crippen LogP contribution in [0.3, 0.4) is 0 Å². The molecule has 0 unspecified atom stereocenters. The number of nitrogens with one attached hydrogen (secondary N) is 1. The highest BCUT2D eigenvalue weighted by atomic mass is 16.5. The lowest BCUT2D eigenvalue weighted by atomic mass is 9.76. The molecule has 0 saturated heterocycles. The van der Waals surface area contributed by atoms with E-state index >= 15 is 0 Å². The lowest BCUT2D eigenvalue weighted by Crippen LogP contribution is -2.29. The molecule has 3 atom stereocenters. The summed E-state index contributed by atoms with van der Waals surface area (Å²) in [5.74, 6) is 1.03. The van der Waals surface area contributed by atoms with Crippen LogP contribution in [-0.4, -0.2) is 25.3 Å². The normalized spacial score (nSPS) is 22.9. The smallest absolute Gasteiger partial charge is 0.335 e. The van der Waals surface area contributed by atoms with Crippen LogP contribution in [0.15, 0.2) is 48.6 Å². The molecule has 26 heavy (non-hydrogen) atoms. The third-order valence-corrected chi connectivity index (χ3v) is 5.38. The van der Waals surface area contributed by atoms with Crippen LogP contribution in [0.1, 0.15) is 39.9 Å². The van der Waals surface area contributed by atoms with E-state index in [2.05, 4.69) is 23.5 Å². The van der Waals surface area contributed by atoms with Gasteiger partial charge in [-0.1, -0.05) is 24.3 Å². The van der Waals surface area contributed by atoms with Crippen molar-refractivity contribution in [1.29, 1.82) is 0 Å². The van der Waals surface area contributed by atoms with E-state index in [4.69, 9.17) is 9.47 Å². The predicted molar refractivity (Wildman–Crippen MR) is 99.3 cm³/mol. The fourth-order valence-electron chi connectivity index (χ4n) is 4.19. The first-order valence-corrected chi connectivity index (χ1v) is 8.65. The molecule has 2 aromatic rings. The van der Waals surface area contributed by atoms with Gasteiger partial charge in [-0.3, -0.25) is 0 Å². The Morgan fingerprint density at radius 1 is 1.15 bits per heavy atom. The second-order valence-electron chi connectivity index (χ2n) is 6.67. The molecular weight excluding hydrogens is 330 g/mol. The van der Waals surface area contributed by atoms with Crippen LogP contribution in [0.2, 0.25) is 0 Å². The molecule has 1 aliphatic carbocycles. The third kappa shape index (κ3) is 2.51. The molecule has 0 amide bonds. The quantitative estimate of drug-likeness (QED) is 0.807. The third-order valence-electron chi connectivity index (χ3n) is 5.38. The highest BCUT2D eigenvalue weighted by molar-refractivity contribution is 5.89. The van der Waals surface area contributed by atoms with Gasteiger partial charge in [0.1, 0.15) is 0 Å². The van der Waals surface area contributed by atoms with E-state index in [-0.39, 0.29) is 12.0 Å². The van der Waals surface area contributed by atoms with Crippen molar-refractivity contribution in [2.24, 2.45) is 5.92 Å². The van der Waals surface area contributed by atoms with Gasteiger partial charge < -0.3 is 19.9 Å². The number of carbonyl (C=O) groups is 1. The zero-order valence-corrected chi connectivity index (χ0v) is 14.7. The molecule has 0 aromatic heterocycles. The molecule has 4 rings (SSSR count). The zero-order chi connectivity index (χ0) is 18.3. The van der Waals surface area contributed by atoms with Gasteiger partial charge in [0.2, 0.25) is 0 Å². The molecule has 0 saturated carbocycles. The number of anilines is 1. The molecule has 2 aliphatic rings. The fourth-order valence-corrected chi connectivity index (χ4v) is 4.19. The van der Waals surface area contributed by atoms with E-state index in [1.807, 2.05) is 18.2 Å². The number of para-hydroxylation sites is 1. The Labute approximate surface area is 152 Å². The van der Waals surface area contributed by atoms with E-state index < -0.39 is 5.97 Å². The first kappa shape index (κ1) is 16.5. The maximum absolute atomic E-state index is 11.3. The number of hydrogen-bond donors (Lipinski definition) is 2. The van der Waals surface area contributed by atoms with Crippen molar-refractivity contribution in [3.8, 4) is 11.5 Å². The lowest BCUT2D eigenvalue weighted by Gasteiger charge is -2.38. The number of benzene rings is 2. The van der Waals surface area contributed by atoms with Crippen LogP contribution in [0.25, 0.3) is 0 Å². The number of ether oxygens (including phenoxy) is 2. The molecule has 0 fully saturated rings. The fraction of sp³-hybridized carbons (Fsp3) is 0.286. The average Bonchev–Trinajstić information content (AvgIpc) is 3.16. The number of fused-ring (bicyclic) bond motifs is 3. The summed E-state index contributed by atoms with van der Waals surface area (Å²) in [6.07, 6.45) is 5.30. The van der Waals surface area contributed by atoms with E-state index in [1.165, 1.54) is 0 Å². The Morgan fingerprint density at radius 3 is 2.73 bits per heavy atom. The first-order valence-electron chi connectivity index (χ1n) is 8.65. The van der Waals surface area contributed by atoms with Crippen molar-refractivity contribution < 1.29 is 19.4 Å². The molecular formula is C21H21NO4. The standard InChI is InChI=1S/C21H21NO4/c1-25-18-8-4-7-15(20(18)26-2)19-14-6-3-5-13(14)16-11-12(21(23)24)9-10-17(16)22-19/h3-5,7-11,13-14,19,22H,6H2,1-2H3,(H,23,24)/t13-,14-,19+/m0/s1. The monoisotopic (exact) mass is 351 g/mol. The van der Waals surface area contributed by atoms with Crippen molar-refractivity contribution in [3.63, 3.8) is 0 Å². The molecule has 2 aromatic carbocycles. The van der Waals surface area contributed by atoms with Gasteiger partial charge in [-0.25, -0.2) is 4.79 Å². The van der Waals surface area contributed by atoms with E-state index in [1.54, 1.807) is 26.4 Å². The number of hydrogen-bond acceptors (Lipinski definition) is 4. The van der Waals surface area contributed by atoms with Crippen LogP contribution >= 0.6 is 0 Å². The molecule has 0 radical (unpaired) electrons. The van der Waals surface area contributed by atoms with Crippen LogP contribution in [0, 0.1) is 5.92 Å². The van der Waals surface area contributed by atoms with Gasteiger partial charge >= 0.3 is 5.97 Å². The van der Waals surface area contributed by atoms with Gasteiger partial charge in [0.05, 0.1) is 25.8 Å². The summed E-state index contributed by atoms with van der Waals surface area (Å²) in [5.41, 5.74) is 3.39. The Balaban J connectivity index is 1.81. The topological polar surface area (TPSA) is 67.8 Å². The van der Waals surface area contributed by atoms with Crippen LogP contribution in [0.5, 0.6) is 11.5 Å². The molecule has 5 heteroatoms. The van der Waals surface area contributed by atoms with Gasteiger partial charge in [0, 0.05) is 17.2 Å². The Morgan fingerprint density at radius 2 is 2.00 bits per heavy atom. The lowest BCUT2D eigenvalue weighted by molar-refractivity contribution is 0.0696. The second-order valence-corrected chi connectivity index (χ2v) is 6.67. The highest BCUT2D eigenvalue weighted by Gasteiger charge is 2.39. The van der Waals surface area contributed by atoms with E-state index in [0.717, 1.165) is 29.0 Å². The number of carboxylic acids is 1. The largest absolute Gasteiger partial charge is 0.493 e. The minimum absolute atomic E-state index is 0.0585. The number of carboxylic acid groups (broad SMARTS) is 1. The van der Waals surface area contributed by atoms with Crippen molar-refractivity contribution in [2.75, 3.05) is 19.5 Å². The van der Waals surface area contributed by atoms with Crippen LogP contribution < -0.4 is 14.8 Å². The molecule has 0 bridgehead atoms. The summed E-state index contributed by atoms with van der Waals surface area (Å²) in [7, 11) is 3.29. The maximum Gasteiger partial charge on any atom is 0.335 e. The van der Waals surface area contributed by atoms with Crippen LogP contribution in [0.4, 0.5) is 5.69 Å². The number of aromatic carboxylic acids is 1. The van der Waals surface area contributed by atoms with Crippen LogP contribution in [-0.2, 0) is 0 Å². The molecule has 5 nitrogen and oxygen atoms in total. The zero-order valence-electron chi connectivity index (χ0n) is 14.7. The highest BCUT2D eigenvalue weighted by Crippen LogP contribution is 2.52. The molecule has 1 aliphatic heterocycles. The molecule has 0 spiro atoms. The average molecular weight is 351 g/mol. The summed E-state index contributed by atoms with van der Waals surface area (Å²) < 4.78 is 11.1. The first-order chi connectivity index (χ1) is 12.6. The Kier molecular flexibility index (Phi) is 4.07. The van der Waals surface area contributed by atoms with Crippen molar-refractivity contribution >= 4 is 11.7 Å². The summed E-state index contributed by atoms with van der Waals surface area (Å²) in [6, 6.07) is 11.3. The Hall–Kier alpha value is -2.95. The number of methoxy groups -OCH3 is 2. The van der Waals surface area contributed by atoms with Gasteiger partial charge in [0.15, 0.2) is 11.5 Å². The van der Waals surface area contributed by atoms with Gasteiger partial charge in [-0.05, 0) is 42.2 Å². The molecule has 2 N–H and O–H groups in total. The van der Waals surface area contributed by atoms with Crippen molar-refractivity contribution in [1.82, 2.24) is 0 Å². The SMILES string of the molecule is COc1cccc([C@@H]2Nc3ccc(C(=O)O)cc3[C@H]3C=CC[C@@H]32)c1OC. The van der Waals surface area contributed by atoms with Gasteiger partial charge in [-0.15, -0.1) is 0 Å². The van der Waals surface area contributed by atoms with Crippen molar-refractivity contribution in [2.45, 2.75) is 18.4 Å². The second kappa shape index (κ2) is 6.41. The summed E-state index contributed by atoms with van der Waals surface area (Å²) in [6.45, 7) is 0. The van der Waals surface area contributed by atoms with E-state index in [0.29, 0.717) is 17.2 Å². The maximum atomic E-state index is 11.3. The summed E-state index contributed by atoms with van der Waals surface area (Å²) in [4.78, 5) is 11.3. The Bertz CT molecular complexity index is 890. The minimum atomic E-state index is -0.900. The number of rotatable bonds is 4. The van der Waals surface area contributed by atoms with Gasteiger partial charge in [0.25, 0.3) is 0 Å². The minimum Gasteiger partial charge on any atom is -0.493 e. The van der Waals surface area contributed by atoms with Gasteiger partial charge in [-0.2, -0.15) is 0 Å². The number of allylic oxidation sites excluding steroid dienone is 2. The predicted octanol–water partition coefficient (Wildman–Crippen LogP) is 4.23.